The first-order valence-electron chi connectivity index (χ1n) is 0. The van der Waals surface area contributed by atoms with Gasteiger partial charge in [0, 0.05) is 17.1 Å². The molecule has 0 saturated carbocycles. The van der Waals surface area contributed by atoms with Gasteiger partial charge in [-0.2, -0.15) is 0 Å². The van der Waals surface area contributed by atoms with Gasteiger partial charge in [0.05, 0.1) is 0 Å². The van der Waals surface area contributed by atoms with E-state index < -0.39 is 0 Å². The summed E-state index contributed by atoms with van der Waals surface area (Å²) in [6.07, 6.45) is 0. The first-order valence-corrected chi connectivity index (χ1v) is 0. The standard InChI is InChI=1S/Al.2ClH.Mn.3H/h;2*1H;;;;. The topological polar surface area (TPSA) is 0 Å². The van der Waals surface area contributed by atoms with Gasteiger partial charge in [-0.1, -0.05) is 0 Å². The zero-order chi connectivity index (χ0) is 0. The summed E-state index contributed by atoms with van der Waals surface area (Å²) >= 11 is 0. The van der Waals surface area contributed by atoms with Crippen LogP contribution in [0.1, 0.15) is 0 Å². The van der Waals surface area contributed by atoms with E-state index in [9.17, 15) is 0 Å². The second kappa shape index (κ2) is 22.9. The Bertz CT molecular complexity index is 6.00. The third-order valence-corrected chi connectivity index (χ3v) is 0. The molecule has 4 heteroatoms. The molecule has 0 aromatic heterocycles. The van der Waals surface area contributed by atoms with Crippen molar-refractivity contribution in [1.29, 1.82) is 0 Å². The second-order valence-corrected chi connectivity index (χ2v) is 0. The molecule has 0 spiro atoms. The minimum absolute atomic E-state index is 0. The summed E-state index contributed by atoms with van der Waals surface area (Å²) in [5, 5.41) is 0. The molecule has 0 aromatic rings. The summed E-state index contributed by atoms with van der Waals surface area (Å²) in [6, 6.07) is 0. The Labute approximate surface area is 59.1 Å². The van der Waals surface area contributed by atoms with Gasteiger partial charge in [0.1, 0.15) is 0 Å². The molecule has 0 nitrogen and oxygen atoms in total. The molecule has 0 aliphatic heterocycles. The van der Waals surface area contributed by atoms with Gasteiger partial charge in [-0.3, -0.25) is 0 Å². The molecular formula is H5AlCl2Mn. The van der Waals surface area contributed by atoms with Crippen molar-refractivity contribution in [3.8, 4) is 0 Å². The van der Waals surface area contributed by atoms with Crippen molar-refractivity contribution >= 4 is 42.2 Å². The number of hydrogen-bond donors (Lipinski definition) is 0. The summed E-state index contributed by atoms with van der Waals surface area (Å²) in [5.41, 5.74) is 0. The van der Waals surface area contributed by atoms with Crippen molar-refractivity contribution in [3.63, 3.8) is 0 Å². The maximum atomic E-state index is 0. The Morgan fingerprint density at radius 1 is 0.750 bits per heavy atom. The van der Waals surface area contributed by atoms with Gasteiger partial charge < -0.3 is 0 Å². The van der Waals surface area contributed by atoms with Crippen molar-refractivity contribution in [1.82, 2.24) is 0 Å². The van der Waals surface area contributed by atoms with E-state index in [4.69, 9.17) is 0 Å². The van der Waals surface area contributed by atoms with Gasteiger partial charge in [0.2, 0.25) is 0 Å². The summed E-state index contributed by atoms with van der Waals surface area (Å²) in [7, 11) is 0. The molecule has 0 bridgehead atoms. The van der Waals surface area contributed by atoms with Gasteiger partial charge in [-0.05, 0) is 0 Å². The Kier molecular flexibility index (Phi) is 260. The van der Waals surface area contributed by atoms with E-state index in [0.717, 1.165) is 0 Å². The first-order chi connectivity index (χ1) is 0. The molecule has 4 heavy (non-hydrogen) atoms. The minimum Gasteiger partial charge on any atom is -0.147 e. The Morgan fingerprint density at radius 3 is 0.750 bits per heavy atom. The van der Waals surface area contributed by atoms with Crippen LogP contribution < -0.4 is 0 Å². The zero-order valence-electron chi connectivity index (χ0n) is 1.19. The Hall–Kier alpha value is 1.63. The van der Waals surface area contributed by atoms with Crippen molar-refractivity contribution in [2.24, 2.45) is 0 Å². The molecule has 0 aliphatic carbocycles. The van der Waals surface area contributed by atoms with Crippen LogP contribution in [-0.2, 0) is 17.1 Å². The Morgan fingerprint density at radius 2 is 0.750 bits per heavy atom. The van der Waals surface area contributed by atoms with Crippen molar-refractivity contribution in [2.45, 2.75) is 0 Å². The van der Waals surface area contributed by atoms with Crippen molar-refractivity contribution < 1.29 is 17.1 Å². The van der Waals surface area contributed by atoms with Gasteiger partial charge in [-0.15, -0.1) is 24.8 Å². The average Bonchev–Trinajstić information content (AvgIpc) is 0. The minimum atomic E-state index is 0. The number of hydrogen-bond acceptors (Lipinski definition) is 0. The molecule has 0 aromatic carbocycles. The summed E-state index contributed by atoms with van der Waals surface area (Å²) in [4.78, 5) is 0. The number of rotatable bonds is 0. The smallest absolute Gasteiger partial charge is 0.147 e. The molecule has 0 aliphatic rings. The normalized spacial score (nSPS) is 0. The average molecular weight is 158 g/mol. The van der Waals surface area contributed by atoms with Crippen molar-refractivity contribution in [3.05, 3.63) is 0 Å². The largest absolute Gasteiger partial charge is 0.187 e. The number of halogens is 2. The summed E-state index contributed by atoms with van der Waals surface area (Å²) in [6.45, 7) is 0. The molecule has 0 atom stereocenters. The molecule has 0 amide bonds. The predicted molar refractivity (Wildman–Crippen MR) is 24.4 cm³/mol. The van der Waals surface area contributed by atoms with Gasteiger partial charge in [0.15, 0.2) is 17.4 Å². The van der Waals surface area contributed by atoms with Crippen LogP contribution in [0.4, 0.5) is 0 Å². The van der Waals surface area contributed by atoms with Crippen LogP contribution in [0.2, 0.25) is 0 Å². The second-order valence-electron chi connectivity index (χ2n) is 0. The molecule has 0 rings (SSSR count). The van der Waals surface area contributed by atoms with E-state index in [1.807, 2.05) is 0 Å². The van der Waals surface area contributed by atoms with E-state index in [0.29, 0.717) is 0 Å². The molecule has 29 valence electrons. The van der Waals surface area contributed by atoms with E-state index >= 15 is 0 Å². The third-order valence-electron chi connectivity index (χ3n) is 0. The maximum absolute atomic E-state index is 0. The molecule has 0 unspecified atom stereocenters. The van der Waals surface area contributed by atoms with E-state index in [1.54, 1.807) is 0 Å². The predicted octanol–water partition coefficient (Wildman–Crippen LogP) is -0.343. The zero-order valence-corrected chi connectivity index (χ0v) is 4.01. The monoisotopic (exact) mass is 157 g/mol. The fourth-order valence-corrected chi connectivity index (χ4v) is 0. The molecular weight excluding hydrogens is 153 g/mol. The van der Waals surface area contributed by atoms with Crippen LogP contribution >= 0.6 is 24.8 Å². The van der Waals surface area contributed by atoms with Gasteiger partial charge in [0.25, 0.3) is 0 Å². The van der Waals surface area contributed by atoms with Gasteiger partial charge >= 0.3 is 0 Å². The molecule has 0 N–H and O–H groups in total. The van der Waals surface area contributed by atoms with Crippen LogP contribution in [0, 0.1) is 0 Å². The Balaban J connectivity index is 0. The maximum Gasteiger partial charge on any atom is 0.187 e. The molecule has 1 radical (unpaired) electrons. The van der Waals surface area contributed by atoms with Crippen LogP contribution in [0.5, 0.6) is 0 Å². The summed E-state index contributed by atoms with van der Waals surface area (Å²) < 4.78 is 0. The van der Waals surface area contributed by atoms with E-state index in [2.05, 4.69) is 0 Å². The van der Waals surface area contributed by atoms with Crippen LogP contribution in [0.25, 0.3) is 0 Å². The fourth-order valence-electron chi connectivity index (χ4n) is 0. The molecule has 0 fully saturated rings. The SMILES string of the molecule is Cl.Cl.[AlH3].[Mn]. The van der Waals surface area contributed by atoms with Gasteiger partial charge in [-0.25, -0.2) is 0 Å². The van der Waals surface area contributed by atoms with Crippen molar-refractivity contribution in [2.75, 3.05) is 0 Å². The van der Waals surface area contributed by atoms with Crippen LogP contribution in [0.15, 0.2) is 0 Å². The fraction of sp³-hybridized carbons (Fsp3) is 0. The first kappa shape index (κ1) is 45.4. The van der Waals surface area contributed by atoms with Crippen LogP contribution in [0.3, 0.4) is 0 Å². The van der Waals surface area contributed by atoms with Crippen LogP contribution in [-0.4, -0.2) is 17.4 Å². The van der Waals surface area contributed by atoms with E-state index in [-0.39, 0.29) is 59.2 Å². The summed E-state index contributed by atoms with van der Waals surface area (Å²) in [5.74, 6) is 0. The quantitative estimate of drug-likeness (QED) is 0.423. The molecule has 0 saturated heterocycles. The molecule has 0 heterocycles. The third kappa shape index (κ3) is 9.45. The van der Waals surface area contributed by atoms with E-state index in [1.165, 1.54) is 0 Å².